The van der Waals surface area contributed by atoms with Gasteiger partial charge in [0.25, 0.3) is 0 Å². The molecule has 0 bridgehead atoms. The molecule has 1 aliphatic rings. The lowest BCUT2D eigenvalue weighted by Crippen LogP contribution is -2.38. The number of aliphatic hydroxyl groups is 1. The summed E-state index contributed by atoms with van der Waals surface area (Å²) in [6.45, 7) is 5.50. The van der Waals surface area contributed by atoms with Crippen molar-refractivity contribution in [2.45, 2.75) is 45.3 Å². The summed E-state index contributed by atoms with van der Waals surface area (Å²) in [5.74, 6) is -0.173. The van der Waals surface area contributed by atoms with E-state index in [2.05, 4.69) is 26.0 Å². The molecule has 1 saturated heterocycles. The van der Waals surface area contributed by atoms with Crippen molar-refractivity contribution < 1.29 is 15.0 Å². The first-order valence-electron chi connectivity index (χ1n) is 7.71. The van der Waals surface area contributed by atoms with Gasteiger partial charge in [0.05, 0.1) is 6.10 Å². The van der Waals surface area contributed by atoms with Crippen LogP contribution in [0.5, 0.6) is 0 Å². The number of aliphatic carboxylic acids is 1. The Hall–Kier alpha value is -1.39. The molecular formula is C17H25NO3. The molecule has 0 radical (unpaired) electrons. The van der Waals surface area contributed by atoms with Gasteiger partial charge < -0.3 is 10.2 Å². The smallest absolute Gasteiger partial charge is 0.320 e. The molecule has 2 unspecified atom stereocenters. The zero-order chi connectivity index (χ0) is 15.4. The van der Waals surface area contributed by atoms with E-state index in [4.69, 9.17) is 5.11 Å². The minimum Gasteiger partial charge on any atom is -0.480 e. The summed E-state index contributed by atoms with van der Waals surface area (Å²) in [7, 11) is 0. The largest absolute Gasteiger partial charge is 0.480 e. The predicted octanol–water partition coefficient (Wildman–Crippen LogP) is 2.47. The van der Waals surface area contributed by atoms with Gasteiger partial charge in [0.15, 0.2) is 0 Å². The number of rotatable bonds is 6. The molecule has 4 heteroatoms. The third kappa shape index (κ3) is 4.29. The Balaban J connectivity index is 1.96. The van der Waals surface area contributed by atoms with Gasteiger partial charge in [0, 0.05) is 6.54 Å². The van der Waals surface area contributed by atoms with Crippen molar-refractivity contribution in [2.75, 3.05) is 13.1 Å². The zero-order valence-electron chi connectivity index (χ0n) is 12.8. The van der Waals surface area contributed by atoms with Crippen LogP contribution in [0.1, 0.15) is 43.9 Å². The Bertz CT molecular complexity index is 469. The third-order valence-corrected chi connectivity index (χ3v) is 4.06. The highest BCUT2D eigenvalue weighted by molar-refractivity contribution is 5.73. The molecule has 2 atom stereocenters. The summed E-state index contributed by atoms with van der Waals surface area (Å²) in [4.78, 5) is 13.0. The van der Waals surface area contributed by atoms with Gasteiger partial charge in [-0.05, 0) is 42.9 Å². The Morgan fingerprint density at radius 3 is 2.57 bits per heavy atom. The Morgan fingerprint density at radius 1 is 1.33 bits per heavy atom. The number of carboxylic acids is 1. The second-order valence-corrected chi connectivity index (χ2v) is 6.35. The normalized spacial score (nSPS) is 20.9. The molecule has 4 nitrogen and oxygen atoms in total. The van der Waals surface area contributed by atoms with Gasteiger partial charge in [0.2, 0.25) is 0 Å². The molecule has 0 aliphatic carbocycles. The van der Waals surface area contributed by atoms with Crippen LogP contribution in [0, 0.1) is 5.92 Å². The molecular weight excluding hydrogens is 266 g/mol. The van der Waals surface area contributed by atoms with E-state index in [1.54, 1.807) is 0 Å². The van der Waals surface area contributed by atoms with E-state index >= 15 is 0 Å². The van der Waals surface area contributed by atoms with E-state index in [9.17, 15) is 9.90 Å². The topological polar surface area (TPSA) is 60.8 Å². The van der Waals surface area contributed by atoms with Gasteiger partial charge in [-0.1, -0.05) is 38.1 Å². The van der Waals surface area contributed by atoms with Crippen LogP contribution in [0.15, 0.2) is 24.3 Å². The average molecular weight is 291 g/mol. The Kier molecular flexibility index (Phi) is 5.37. The number of hydrogen-bond acceptors (Lipinski definition) is 3. The maximum Gasteiger partial charge on any atom is 0.320 e. The van der Waals surface area contributed by atoms with Gasteiger partial charge in [-0.25, -0.2) is 0 Å². The maximum absolute atomic E-state index is 11.2. The Labute approximate surface area is 126 Å². The third-order valence-electron chi connectivity index (χ3n) is 4.06. The van der Waals surface area contributed by atoms with Gasteiger partial charge in [-0.15, -0.1) is 0 Å². The van der Waals surface area contributed by atoms with Crippen molar-refractivity contribution in [3.8, 4) is 0 Å². The molecule has 2 N–H and O–H groups in total. The summed E-state index contributed by atoms with van der Waals surface area (Å²) in [6.07, 6.45) is 1.97. The highest BCUT2D eigenvalue weighted by atomic mass is 16.4. The fraction of sp³-hybridized carbons (Fsp3) is 0.588. The standard InChI is InChI=1S/C17H25NO3/c1-12(2)10-13-5-7-14(8-6-13)16(19)11-18-9-3-4-15(18)17(20)21/h5-8,12,15-16,19H,3-4,9-11H2,1-2H3,(H,20,21). The first kappa shape index (κ1) is 16.0. The fourth-order valence-electron chi connectivity index (χ4n) is 3.00. The summed E-state index contributed by atoms with van der Waals surface area (Å²) in [5.41, 5.74) is 2.13. The molecule has 1 aliphatic heterocycles. The quantitative estimate of drug-likeness (QED) is 0.845. The minimum absolute atomic E-state index is 0.389. The first-order valence-corrected chi connectivity index (χ1v) is 7.71. The summed E-state index contributed by atoms with van der Waals surface area (Å²) in [6, 6.07) is 7.57. The number of likely N-dealkylation sites (tertiary alicyclic amines) is 1. The van der Waals surface area contributed by atoms with Gasteiger partial charge in [-0.3, -0.25) is 9.69 Å². The zero-order valence-corrected chi connectivity index (χ0v) is 12.8. The monoisotopic (exact) mass is 291 g/mol. The number of benzene rings is 1. The molecule has 2 rings (SSSR count). The summed E-state index contributed by atoms with van der Waals surface area (Å²) >= 11 is 0. The van der Waals surface area contributed by atoms with Crippen LogP contribution < -0.4 is 0 Å². The van der Waals surface area contributed by atoms with Crippen LogP contribution >= 0.6 is 0 Å². The van der Waals surface area contributed by atoms with Gasteiger partial charge >= 0.3 is 5.97 Å². The highest BCUT2D eigenvalue weighted by Gasteiger charge is 2.31. The molecule has 1 aromatic rings. The average Bonchev–Trinajstić information content (AvgIpc) is 2.87. The summed E-state index contributed by atoms with van der Waals surface area (Å²) in [5, 5.41) is 19.5. The second kappa shape index (κ2) is 7.05. The van der Waals surface area contributed by atoms with E-state index < -0.39 is 18.1 Å². The molecule has 21 heavy (non-hydrogen) atoms. The first-order chi connectivity index (χ1) is 9.97. The minimum atomic E-state index is -0.785. The van der Waals surface area contributed by atoms with Gasteiger partial charge in [-0.2, -0.15) is 0 Å². The highest BCUT2D eigenvalue weighted by Crippen LogP contribution is 2.23. The second-order valence-electron chi connectivity index (χ2n) is 6.35. The number of aliphatic hydroxyl groups excluding tert-OH is 1. The van der Waals surface area contributed by atoms with Crippen molar-refractivity contribution in [2.24, 2.45) is 5.92 Å². The molecule has 1 heterocycles. The number of carbonyl (C=O) groups is 1. The maximum atomic E-state index is 11.2. The van der Waals surface area contributed by atoms with Crippen LogP contribution in [0.25, 0.3) is 0 Å². The molecule has 116 valence electrons. The molecule has 0 spiro atoms. The van der Waals surface area contributed by atoms with Crippen LogP contribution in [-0.2, 0) is 11.2 Å². The van der Waals surface area contributed by atoms with E-state index in [0.29, 0.717) is 18.9 Å². The number of carboxylic acid groups (broad SMARTS) is 1. The molecule has 0 amide bonds. The number of β-amino-alcohol motifs (C(OH)–C–C–N with tert-alkyl or cyclic N) is 1. The lowest BCUT2D eigenvalue weighted by molar-refractivity contribution is -0.142. The van der Waals surface area contributed by atoms with Gasteiger partial charge in [0.1, 0.15) is 6.04 Å². The van der Waals surface area contributed by atoms with E-state index in [0.717, 1.165) is 24.9 Å². The number of hydrogen-bond donors (Lipinski definition) is 2. The Morgan fingerprint density at radius 2 is 2.00 bits per heavy atom. The lowest BCUT2D eigenvalue weighted by Gasteiger charge is -2.24. The van der Waals surface area contributed by atoms with Crippen LogP contribution in [0.4, 0.5) is 0 Å². The number of nitrogens with zero attached hydrogens (tertiary/aromatic N) is 1. The van der Waals surface area contributed by atoms with Crippen LogP contribution in [-0.4, -0.2) is 40.2 Å². The van der Waals surface area contributed by atoms with Crippen molar-refractivity contribution in [1.29, 1.82) is 0 Å². The molecule has 0 aromatic heterocycles. The predicted molar refractivity (Wildman–Crippen MR) is 82.2 cm³/mol. The van der Waals surface area contributed by atoms with Crippen molar-refractivity contribution in [1.82, 2.24) is 4.90 Å². The van der Waals surface area contributed by atoms with E-state index in [-0.39, 0.29) is 0 Å². The SMILES string of the molecule is CC(C)Cc1ccc(C(O)CN2CCCC2C(=O)O)cc1. The lowest BCUT2D eigenvalue weighted by atomic mass is 10.00. The summed E-state index contributed by atoms with van der Waals surface area (Å²) < 4.78 is 0. The fourth-order valence-corrected chi connectivity index (χ4v) is 3.00. The van der Waals surface area contributed by atoms with E-state index in [1.807, 2.05) is 17.0 Å². The van der Waals surface area contributed by atoms with Crippen molar-refractivity contribution in [3.63, 3.8) is 0 Å². The van der Waals surface area contributed by atoms with Crippen molar-refractivity contribution >= 4 is 5.97 Å². The van der Waals surface area contributed by atoms with E-state index in [1.165, 1.54) is 5.56 Å². The van der Waals surface area contributed by atoms with Crippen molar-refractivity contribution in [3.05, 3.63) is 35.4 Å². The van der Waals surface area contributed by atoms with Crippen LogP contribution in [0.3, 0.4) is 0 Å². The van der Waals surface area contributed by atoms with Crippen LogP contribution in [0.2, 0.25) is 0 Å². The molecule has 1 aromatic carbocycles. The molecule has 0 saturated carbocycles. The molecule has 1 fully saturated rings.